The summed E-state index contributed by atoms with van der Waals surface area (Å²) >= 11 is 0. The van der Waals surface area contributed by atoms with Gasteiger partial charge in [-0.15, -0.1) is 0 Å². The molecule has 5 nitrogen and oxygen atoms in total. The van der Waals surface area contributed by atoms with Gasteiger partial charge >= 0.3 is 0 Å². The van der Waals surface area contributed by atoms with Gasteiger partial charge < -0.3 is 16.4 Å². The van der Waals surface area contributed by atoms with Crippen LogP contribution in [0.25, 0.3) is 0 Å². The van der Waals surface area contributed by atoms with Crippen molar-refractivity contribution in [2.75, 3.05) is 0 Å². The van der Waals surface area contributed by atoms with Gasteiger partial charge in [0.2, 0.25) is 11.8 Å². The van der Waals surface area contributed by atoms with Crippen LogP contribution in [0.3, 0.4) is 0 Å². The second-order valence-electron chi connectivity index (χ2n) is 7.44. The smallest absolute Gasteiger partial charge is 0.242 e. The summed E-state index contributed by atoms with van der Waals surface area (Å²) in [6.07, 6.45) is 4.08. The molecule has 0 heterocycles. The van der Waals surface area contributed by atoms with Crippen molar-refractivity contribution in [2.24, 2.45) is 17.6 Å². The highest BCUT2D eigenvalue weighted by Gasteiger charge is 2.30. The van der Waals surface area contributed by atoms with Gasteiger partial charge in [0.25, 0.3) is 0 Å². The quantitative estimate of drug-likeness (QED) is 0.736. The van der Waals surface area contributed by atoms with Gasteiger partial charge in [-0.05, 0) is 52.9 Å². The SMILES string of the molecule is CC(NC(=O)C(C)C1CCCC(N)C1)C(=O)NC(C)(C)C. The molecule has 1 saturated carbocycles. The van der Waals surface area contributed by atoms with E-state index in [2.05, 4.69) is 10.6 Å². The molecule has 0 aromatic rings. The summed E-state index contributed by atoms with van der Waals surface area (Å²) in [7, 11) is 0. The first kappa shape index (κ1) is 18.0. The van der Waals surface area contributed by atoms with Gasteiger partial charge in [-0.1, -0.05) is 13.3 Å². The van der Waals surface area contributed by atoms with E-state index in [9.17, 15) is 9.59 Å². The van der Waals surface area contributed by atoms with Crippen LogP contribution in [0.15, 0.2) is 0 Å². The summed E-state index contributed by atoms with van der Waals surface area (Å²) in [4.78, 5) is 24.3. The molecule has 0 aromatic heterocycles. The number of amides is 2. The molecule has 1 fully saturated rings. The Labute approximate surface area is 128 Å². The fourth-order valence-corrected chi connectivity index (χ4v) is 2.82. The van der Waals surface area contributed by atoms with Crippen molar-refractivity contribution in [3.05, 3.63) is 0 Å². The van der Waals surface area contributed by atoms with Crippen molar-refractivity contribution >= 4 is 11.8 Å². The Morgan fingerprint density at radius 3 is 2.29 bits per heavy atom. The van der Waals surface area contributed by atoms with Gasteiger partial charge in [0.15, 0.2) is 0 Å². The molecule has 0 saturated heterocycles. The van der Waals surface area contributed by atoms with Crippen LogP contribution in [0.4, 0.5) is 0 Å². The van der Waals surface area contributed by atoms with Crippen molar-refractivity contribution in [2.45, 2.75) is 77.9 Å². The molecule has 1 rings (SSSR count). The summed E-state index contributed by atoms with van der Waals surface area (Å²) in [6.45, 7) is 9.42. The van der Waals surface area contributed by atoms with Crippen LogP contribution in [0.2, 0.25) is 0 Å². The number of rotatable bonds is 4. The minimum Gasteiger partial charge on any atom is -0.350 e. The Bertz CT molecular complexity index is 376. The monoisotopic (exact) mass is 297 g/mol. The van der Waals surface area contributed by atoms with E-state index in [1.165, 1.54) is 0 Å². The molecule has 0 bridgehead atoms. The van der Waals surface area contributed by atoms with Crippen LogP contribution in [-0.4, -0.2) is 29.4 Å². The fraction of sp³-hybridized carbons (Fsp3) is 0.875. The average Bonchev–Trinajstić information content (AvgIpc) is 2.35. The van der Waals surface area contributed by atoms with Crippen molar-refractivity contribution in [1.29, 1.82) is 0 Å². The van der Waals surface area contributed by atoms with Crippen LogP contribution in [-0.2, 0) is 9.59 Å². The molecule has 0 radical (unpaired) electrons. The zero-order chi connectivity index (χ0) is 16.2. The van der Waals surface area contributed by atoms with E-state index in [1.54, 1.807) is 6.92 Å². The summed E-state index contributed by atoms with van der Waals surface area (Å²) < 4.78 is 0. The molecule has 0 aromatic carbocycles. The molecule has 0 aliphatic heterocycles. The van der Waals surface area contributed by atoms with Gasteiger partial charge in [0.05, 0.1) is 0 Å². The van der Waals surface area contributed by atoms with Crippen LogP contribution < -0.4 is 16.4 Å². The minimum atomic E-state index is -0.517. The summed E-state index contributed by atoms with van der Waals surface area (Å²) in [5.74, 6) is 0.0296. The first-order valence-corrected chi connectivity index (χ1v) is 7.98. The molecule has 4 N–H and O–H groups in total. The molecule has 1 aliphatic rings. The minimum absolute atomic E-state index is 0.0503. The van der Waals surface area contributed by atoms with Crippen LogP contribution in [0.1, 0.15) is 60.3 Å². The lowest BCUT2D eigenvalue weighted by atomic mass is 9.78. The van der Waals surface area contributed by atoms with Crippen LogP contribution >= 0.6 is 0 Å². The standard InChI is InChI=1S/C16H31N3O2/c1-10(12-7-6-8-13(17)9-12)14(20)18-11(2)15(21)19-16(3,4)5/h10-13H,6-9,17H2,1-5H3,(H,18,20)(H,19,21). The molecule has 21 heavy (non-hydrogen) atoms. The molecule has 122 valence electrons. The molecule has 2 amide bonds. The maximum atomic E-state index is 12.3. The lowest BCUT2D eigenvalue weighted by Crippen LogP contribution is -2.52. The lowest BCUT2D eigenvalue weighted by Gasteiger charge is -2.31. The van der Waals surface area contributed by atoms with Gasteiger partial charge in [0.1, 0.15) is 6.04 Å². The third-order valence-electron chi connectivity index (χ3n) is 4.13. The lowest BCUT2D eigenvalue weighted by molar-refractivity contribution is -0.132. The average molecular weight is 297 g/mol. The Morgan fingerprint density at radius 2 is 1.76 bits per heavy atom. The molecule has 1 aliphatic carbocycles. The number of carbonyl (C=O) groups excluding carboxylic acids is 2. The predicted octanol–water partition coefficient (Wildman–Crippen LogP) is 1.56. The molecular formula is C16H31N3O2. The second kappa shape index (κ2) is 7.25. The first-order valence-electron chi connectivity index (χ1n) is 7.98. The van der Waals surface area contributed by atoms with Crippen molar-refractivity contribution in [1.82, 2.24) is 10.6 Å². The fourth-order valence-electron chi connectivity index (χ4n) is 2.82. The Hall–Kier alpha value is -1.10. The van der Waals surface area contributed by atoms with Crippen molar-refractivity contribution in [3.63, 3.8) is 0 Å². The van der Waals surface area contributed by atoms with E-state index in [0.717, 1.165) is 25.7 Å². The normalized spacial score (nSPS) is 25.8. The Kier molecular flexibility index (Phi) is 6.20. The number of carbonyl (C=O) groups is 2. The third kappa shape index (κ3) is 6.04. The number of nitrogens with two attached hydrogens (primary N) is 1. The maximum Gasteiger partial charge on any atom is 0.242 e. The molecule has 5 heteroatoms. The number of hydrogen-bond donors (Lipinski definition) is 3. The molecule has 4 unspecified atom stereocenters. The number of nitrogens with one attached hydrogen (secondary N) is 2. The van der Waals surface area contributed by atoms with E-state index in [1.807, 2.05) is 27.7 Å². The number of hydrogen-bond acceptors (Lipinski definition) is 3. The second-order valence-corrected chi connectivity index (χ2v) is 7.44. The largest absolute Gasteiger partial charge is 0.350 e. The predicted molar refractivity (Wildman–Crippen MR) is 84.6 cm³/mol. The molecular weight excluding hydrogens is 266 g/mol. The molecule has 4 atom stereocenters. The van der Waals surface area contributed by atoms with Crippen LogP contribution in [0, 0.1) is 11.8 Å². The van der Waals surface area contributed by atoms with E-state index >= 15 is 0 Å². The van der Waals surface area contributed by atoms with Gasteiger partial charge in [-0.2, -0.15) is 0 Å². The van der Waals surface area contributed by atoms with Gasteiger partial charge in [0, 0.05) is 17.5 Å². The third-order valence-corrected chi connectivity index (χ3v) is 4.13. The maximum absolute atomic E-state index is 12.3. The van der Waals surface area contributed by atoms with E-state index in [-0.39, 0.29) is 29.3 Å². The molecule has 0 spiro atoms. The summed E-state index contributed by atoms with van der Waals surface area (Å²) in [6, 6.07) is -0.308. The van der Waals surface area contributed by atoms with Crippen molar-refractivity contribution in [3.8, 4) is 0 Å². The summed E-state index contributed by atoms with van der Waals surface area (Å²) in [5.41, 5.74) is 5.69. The zero-order valence-corrected chi connectivity index (χ0v) is 14.0. The van der Waals surface area contributed by atoms with Gasteiger partial charge in [-0.25, -0.2) is 0 Å². The highest BCUT2D eigenvalue weighted by Crippen LogP contribution is 2.29. The highest BCUT2D eigenvalue weighted by atomic mass is 16.2. The first-order chi connectivity index (χ1) is 9.60. The zero-order valence-electron chi connectivity index (χ0n) is 14.0. The van der Waals surface area contributed by atoms with Crippen LogP contribution in [0.5, 0.6) is 0 Å². The highest BCUT2D eigenvalue weighted by molar-refractivity contribution is 5.88. The van der Waals surface area contributed by atoms with Gasteiger partial charge in [-0.3, -0.25) is 9.59 Å². The topological polar surface area (TPSA) is 84.2 Å². The van der Waals surface area contributed by atoms with E-state index < -0.39 is 6.04 Å². The Balaban J connectivity index is 2.49. The van der Waals surface area contributed by atoms with E-state index in [4.69, 9.17) is 5.73 Å². The Morgan fingerprint density at radius 1 is 1.14 bits per heavy atom. The van der Waals surface area contributed by atoms with Crippen molar-refractivity contribution < 1.29 is 9.59 Å². The van der Waals surface area contributed by atoms with E-state index in [0.29, 0.717) is 5.92 Å². The summed E-state index contributed by atoms with van der Waals surface area (Å²) in [5, 5.41) is 5.70.